The largest absolute Gasteiger partial charge is 0.477 e. The maximum absolute atomic E-state index is 15.0. The van der Waals surface area contributed by atoms with E-state index in [1.54, 1.807) is 10.6 Å². The summed E-state index contributed by atoms with van der Waals surface area (Å²) in [6.45, 7) is 7.87. The molecule has 2 aliphatic rings. The molecule has 2 saturated heterocycles. The lowest BCUT2D eigenvalue weighted by Crippen LogP contribution is -2.53. The van der Waals surface area contributed by atoms with Crippen LogP contribution < -0.4 is 10.3 Å². The van der Waals surface area contributed by atoms with Gasteiger partial charge in [0.25, 0.3) is 0 Å². The fourth-order valence-electron chi connectivity index (χ4n) is 4.74. The number of carboxylic acids is 1. The summed E-state index contributed by atoms with van der Waals surface area (Å²) < 4.78 is 16.7. The smallest absolute Gasteiger partial charge is 0.341 e. The number of hydrogen-bond donors (Lipinski definition) is 1. The Bertz CT molecular complexity index is 1010. The van der Waals surface area contributed by atoms with E-state index >= 15 is 0 Å². The Labute approximate surface area is 175 Å². The highest BCUT2D eigenvalue weighted by atomic mass is 19.1. The molecule has 0 unspecified atom stereocenters. The van der Waals surface area contributed by atoms with Crippen molar-refractivity contribution in [3.05, 3.63) is 39.9 Å². The molecule has 2 aromatic rings. The van der Waals surface area contributed by atoms with Gasteiger partial charge in [0.2, 0.25) is 5.43 Å². The van der Waals surface area contributed by atoms with Crippen LogP contribution in [0.4, 0.5) is 10.1 Å². The summed E-state index contributed by atoms with van der Waals surface area (Å²) in [5, 5.41) is 9.41. The number of fused-ring (bicyclic) bond motifs is 1. The van der Waals surface area contributed by atoms with Gasteiger partial charge in [-0.1, -0.05) is 0 Å². The van der Waals surface area contributed by atoms with E-state index in [4.69, 9.17) is 0 Å². The quantitative estimate of drug-likeness (QED) is 0.823. The zero-order valence-corrected chi connectivity index (χ0v) is 17.6. The minimum absolute atomic E-state index is 0.114. The van der Waals surface area contributed by atoms with Gasteiger partial charge in [-0.15, -0.1) is 0 Å². The van der Waals surface area contributed by atoms with Crippen LogP contribution in [0.3, 0.4) is 0 Å². The van der Waals surface area contributed by atoms with E-state index in [2.05, 4.69) is 16.8 Å². The van der Waals surface area contributed by atoms with Crippen LogP contribution in [0.2, 0.25) is 0 Å². The zero-order chi connectivity index (χ0) is 21.4. The van der Waals surface area contributed by atoms with Crippen molar-refractivity contribution in [2.45, 2.75) is 32.4 Å². The molecule has 0 aliphatic carbocycles. The molecule has 7 nitrogen and oxygen atoms in total. The number of aryl methyl sites for hydroxylation is 1. The third-order valence-corrected chi connectivity index (χ3v) is 6.58. The van der Waals surface area contributed by atoms with Crippen molar-refractivity contribution in [1.29, 1.82) is 0 Å². The van der Waals surface area contributed by atoms with Crippen LogP contribution in [0.5, 0.6) is 0 Å². The minimum Gasteiger partial charge on any atom is -0.477 e. The third-order valence-electron chi connectivity index (χ3n) is 6.58. The van der Waals surface area contributed by atoms with Crippen molar-refractivity contribution in [2.24, 2.45) is 0 Å². The lowest BCUT2D eigenvalue weighted by atomic mass is 10.0. The van der Waals surface area contributed by atoms with Gasteiger partial charge >= 0.3 is 5.97 Å². The number of piperidine rings is 1. The molecule has 0 saturated carbocycles. The standard InChI is InChI=1S/C22H29FN4O3/c1-3-25-14-17(22(29)30)21(28)16-12-18(23)20(13-19(16)25)27-10-8-26(9-11-27)15-4-6-24(2)7-5-15/h12-15H,3-11H2,1-2H3,(H,29,30). The highest BCUT2D eigenvalue weighted by Gasteiger charge is 2.28. The van der Waals surface area contributed by atoms with Crippen LogP contribution in [-0.2, 0) is 6.54 Å². The molecule has 0 amide bonds. The Morgan fingerprint density at radius 1 is 1.13 bits per heavy atom. The van der Waals surface area contributed by atoms with Crippen LogP contribution in [0.25, 0.3) is 10.9 Å². The van der Waals surface area contributed by atoms with Crippen molar-refractivity contribution in [2.75, 3.05) is 51.2 Å². The first-order valence-corrected chi connectivity index (χ1v) is 10.7. The van der Waals surface area contributed by atoms with Gasteiger partial charge < -0.3 is 19.5 Å². The number of piperazine rings is 1. The molecular weight excluding hydrogens is 387 g/mol. The molecule has 1 N–H and O–H groups in total. The second kappa shape index (κ2) is 8.35. The van der Waals surface area contributed by atoms with Gasteiger partial charge in [-0.3, -0.25) is 9.69 Å². The van der Waals surface area contributed by atoms with E-state index in [0.29, 0.717) is 23.8 Å². The van der Waals surface area contributed by atoms with E-state index < -0.39 is 17.2 Å². The molecule has 3 heterocycles. The van der Waals surface area contributed by atoms with Gasteiger partial charge in [0.15, 0.2) is 0 Å². The summed E-state index contributed by atoms with van der Waals surface area (Å²) >= 11 is 0. The highest BCUT2D eigenvalue weighted by molar-refractivity contribution is 5.93. The molecule has 1 aromatic carbocycles. The normalized spacial score (nSPS) is 19.5. The highest BCUT2D eigenvalue weighted by Crippen LogP contribution is 2.27. The van der Waals surface area contributed by atoms with E-state index in [9.17, 15) is 19.1 Å². The van der Waals surface area contributed by atoms with Crippen molar-refractivity contribution < 1.29 is 14.3 Å². The number of carboxylic acid groups (broad SMARTS) is 1. The first-order valence-electron chi connectivity index (χ1n) is 10.7. The number of carbonyl (C=O) groups is 1. The van der Waals surface area contributed by atoms with Gasteiger partial charge in [0.1, 0.15) is 11.4 Å². The topological polar surface area (TPSA) is 69.0 Å². The first kappa shape index (κ1) is 20.8. The fraction of sp³-hybridized carbons (Fsp3) is 0.545. The lowest BCUT2D eigenvalue weighted by molar-refractivity contribution is 0.0695. The Morgan fingerprint density at radius 2 is 1.80 bits per heavy atom. The van der Waals surface area contributed by atoms with Crippen LogP contribution in [0.15, 0.2) is 23.1 Å². The van der Waals surface area contributed by atoms with Crippen LogP contribution in [0.1, 0.15) is 30.1 Å². The van der Waals surface area contributed by atoms with Crippen LogP contribution in [-0.4, -0.2) is 77.8 Å². The maximum atomic E-state index is 15.0. The Balaban J connectivity index is 1.59. The Hall–Kier alpha value is -2.45. The monoisotopic (exact) mass is 416 g/mol. The number of likely N-dealkylation sites (tertiary alicyclic amines) is 1. The number of rotatable bonds is 4. The average molecular weight is 416 g/mol. The zero-order valence-electron chi connectivity index (χ0n) is 17.6. The molecule has 0 radical (unpaired) electrons. The number of aromatic nitrogens is 1. The molecule has 8 heteroatoms. The summed E-state index contributed by atoms with van der Waals surface area (Å²) in [6.07, 6.45) is 3.71. The fourth-order valence-corrected chi connectivity index (χ4v) is 4.74. The third kappa shape index (κ3) is 3.81. The average Bonchev–Trinajstić information content (AvgIpc) is 2.74. The minimum atomic E-state index is -1.29. The SMILES string of the molecule is CCn1cc(C(=O)O)c(=O)c2cc(F)c(N3CCN(C4CCN(C)CC4)CC3)cc21. The van der Waals surface area contributed by atoms with Gasteiger partial charge in [-0.25, -0.2) is 9.18 Å². The molecular formula is C22H29FN4O3. The predicted molar refractivity (Wildman–Crippen MR) is 115 cm³/mol. The summed E-state index contributed by atoms with van der Waals surface area (Å²) in [5.41, 5.74) is 0.0832. The van der Waals surface area contributed by atoms with E-state index in [1.165, 1.54) is 25.1 Å². The van der Waals surface area contributed by atoms with Gasteiger partial charge in [0, 0.05) is 50.3 Å². The summed E-state index contributed by atoms with van der Waals surface area (Å²) in [4.78, 5) is 30.8. The molecule has 0 atom stereocenters. The predicted octanol–water partition coefficient (Wildman–Crippen LogP) is 2.07. The number of halogens is 1. The second-order valence-electron chi connectivity index (χ2n) is 8.34. The second-order valence-corrected chi connectivity index (χ2v) is 8.34. The van der Waals surface area contributed by atoms with E-state index in [1.807, 2.05) is 11.8 Å². The van der Waals surface area contributed by atoms with Crippen LogP contribution in [0, 0.1) is 5.82 Å². The molecule has 4 rings (SSSR count). The molecule has 2 aliphatic heterocycles. The molecule has 30 heavy (non-hydrogen) atoms. The van der Waals surface area contributed by atoms with Crippen molar-refractivity contribution in [3.8, 4) is 0 Å². The van der Waals surface area contributed by atoms with E-state index in [-0.39, 0.29) is 10.9 Å². The summed E-state index contributed by atoms with van der Waals surface area (Å²) in [6, 6.07) is 3.51. The van der Waals surface area contributed by atoms with Crippen LogP contribution >= 0.6 is 0 Å². The summed E-state index contributed by atoms with van der Waals surface area (Å²) in [7, 11) is 2.16. The van der Waals surface area contributed by atoms with Crippen molar-refractivity contribution in [3.63, 3.8) is 0 Å². The summed E-state index contributed by atoms with van der Waals surface area (Å²) in [5.74, 6) is -1.77. The lowest BCUT2D eigenvalue weighted by Gasteiger charge is -2.43. The first-order chi connectivity index (χ1) is 14.4. The van der Waals surface area contributed by atoms with Gasteiger partial charge in [-0.2, -0.15) is 0 Å². The van der Waals surface area contributed by atoms with Gasteiger partial charge in [0.05, 0.1) is 11.2 Å². The number of benzene rings is 1. The number of pyridine rings is 1. The molecule has 162 valence electrons. The number of hydrogen-bond acceptors (Lipinski definition) is 5. The Kier molecular flexibility index (Phi) is 5.79. The van der Waals surface area contributed by atoms with Crippen molar-refractivity contribution in [1.82, 2.24) is 14.4 Å². The number of anilines is 1. The number of aromatic carboxylic acids is 1. The Morgan fingerprint density at radius 3 is 2.40 bits per heavy atom. The van der Waals surface area contributed by atoms with Gasteiger partial charge in [-0.05, 0) is 52.0 Å². The molecule has 1 aromatic heterocycles. The molecule has 0 spiro atoms. The molecule has 0 bridgehead atoms. The van der Waals surface area contributed by atoms with E-state index in [0.717, 1.165) is 39.3 Å². The number of nitrogens with zero attached hydrogens (tertiary/aromatic N) is 4. The van der Waals surface area contributed by atoms with Crippen molar-refractivity contribution >= 4 is 22.6 Å². The molecule has 2 fully saturated rings. The maximum Gasteiger partial charge on any atom is 0.341 e.